The summed E-state index contributed by atoms with van der Waals surface area (Å²) in [6.45, 7) is 19.3. The third-order valence-electron chi connectivity index (χ3n) is 6.30. The van der Waals surface area contributed by atoms with E-state index in [1.54, 1.807) is 14.2 Å². The summed E-state index contributed by atoms with van der Waals surface area (Å²) in [5.74, 6) is 0. The van der Waals surface area contributed by atoms with Crippen LogP contribution in [0, 0.1) is 55.4 Å². The molecule has 2 aromatic rings. The number of hydrogen-bond acceptors (Lipinski definition) is 2. The van der Waals surface area contributed by atoms with Gasteiger partial charge in [0.25, 0.3) is 0 Å². The molecule has 0 unspecified atom stereocenters. The summed E-state index contributed by atoms with van der Waals surface area (Å²) < 4.78 is 10.2. The van der Waals surface area contributed by atoms with Crippen LogP contribution in [0.4, 0.5) is 0 Å². The quantitative estimate of drug-likeness (QED) is 0.449. The largest absolute Gasteiger partial charge is 0.385 e. The SMILES string of the molecule is COCC[c-]1c(C)c(C)c(C)c1C.COCC[c-]1c(C)c(C)c(C)c1C.[Fe]. The third kappa shape index (κ3) is 6.06. The van der Waals surface area contributed by atoms with E-state index >= 15 is 0 Å². The fourth-order valence-electron chi connectivity index (χ4n) is 3.75. The second-order valence-electron chi connectivity index (χ2n) is 7.44. The van der Waals surface area contributed by atoms with E-state index in [4.69, 9.17) is 9.47 Å². The minimum atomic E-state index is 0. The van der Waals surface area contributed by atoms with Crippen LogP contribution in [0.15, 0.2) is 0 Å². The van der Waals surface area contributed by atoms with Crippen molar-refractivity contribution in [3.63, 3.8) is 0 Å². The van der Waals surface area contributed by atoms with Crippen LogP contribution >= 0.6 is 0 Å². The van der Waals surface area contributed by atoms with Gasteiger partial charge in [-0.15, -0.1) is 11.1 Å². The molecule has 0 aliphatic carbocycles. The minimum absolute atomic E-state index is 0. The van der Waals surface area contributed by atoms with Gasteiger partial charge in [0.1, 0.15) is 0 Å². The van der Waals surface area contributed by atoms with E-state index in [1.807, 2.05) is 0 Å². The first-order valence-electron chi connectivity index (χ1n) is 9.60. The molecule has 0 heterocycles. The van der Waals surface area contributed by atoms with Crippen LogP contribution in [-0.4, -0.2) is 27.4 Å². The van der Waals surface area contributed by atoms with Gasteiger partial charge in [0, 0.05) is 44.5 Å². The summed E-state index contributed by atoms with van der Waals surface area (Å²) in [4.78, 5) is 0. The summed E-state index contributed by atoms with van der Waals surface area (Å²) in [6, 6.07) is 0. The Morgan fingerprint density at radius 3 is 0.926 bits per heavy atom. The van der Waals surface area contributed by atoms with Gasteiger partial charge in [0.15, 0.2) is 0 Å². The molecule has 0 saturated carbocycles. The fourth-order valence-corrected chi connectivity index (χ4v) is 3.75. The maximum Gasteiger partial charge on any atom is 0.0398 e. The first-order chi connectivity index (χ1) is 12.2. The van der Waals surface area contributed by atoms with Crippen molar-refractivity contribution in [1.29, 1.82) is 0 Å². The van der Waals surface area contributed by atoms with Gasteiger partial charge in [-0.05, 0) is 12.8 Å². The molecule has 2 aromatic carbocycles. The predicted molar refractivity (Wildman–Crippen MR) is 113 cm³/mol. The van der Waals surface area contributed by atoms with Gasteiger partial charge in [-0.25, -0.2) is 0 Å². The third-order valence-corrected chi connectivity index (χ3v) is 6.30. The maximum absolute atomic E-state index is 5.10. The summed E-state index contributed by atoms with van der Waals surface area (Å²) in [6.07, 6.45) is 2.09. The van der Waals surface area contributed by atoms with E-state index in [0.717, 1.165) is 26.1 Å². The van der Waals surface area contributed by atoms with Gasteiger partial charge >= 0.3 is 0 Å². The van der Waals surface area contributed by atoms with Crippen LogP contribution in [-0.2, 0) is 39.4 Å². The average molecular weight is 414 g/mol. The van der Waals surface area contributed by atoms with Gasteiger partial charge in [-0.2, -0.15) is 44.5 Å². The summed E-state index contributed by atoms with van der Waals surface area (Å²) in [5.41, 5.74) is 14.6. The van der Waals surface area contributed by atoms with Crippen molar-refractivity contribution in [1.82, 2.24) is 0 Å². The number of rotatable bonds is 6. The maximum atomic E-state index is 5.10. The number of hydrogen-bond donors (Lipinski definition) is 0. The van der Waals surface area contributed by atoms with E-state index in [9.17, 15) is 0 Å². The zero-order valence-electron chi connectivity index (χ0n) is 19.0. The van der Waals surface area contributed by atoms with Gasteiger partial charge in [-0.3, -0.25) is 0 Å². The smallest absolute Gasteiger partial charge is 0.0398 e. The molecule has 0 saturated heterocycles. The molecule has 0 aliphatic heterocycles. The van der Waals surface area contributed by atoms with Gasteiger partial charge in [0.2, 0.25) is 0 Å². The van der Waals surface area contributed by atoms with Crippen molar-refractivity contribution in [2.75, 3.05) is 27.4 Å². The van der Waals surface area contributed by atoms with Crippen LogP contribution in [0.2, 0.25) is 0 Å². The first kappa shape index (κ1) is 26.1. The second-order valence-corrected chi connectivity index (χ2v) is 7.44. The molecule has 0 amide bonds. The number of ether oxygens (including phenoxy) is 2. The molecule has 2 rings (SSSR count). The molecule has 0 radical (unpaired) electrons. The Morgan fingerprint density at radius 1 is 0.519 bits per heavy atom. The Hall–Kier alpha value is -0.861. The van der Waals surface area contributed by atoms with E-state index in [0.29, 0.717) is 0 Å². The molecule has 0 spiro atoms. The molecule has 0 aliphatic rings. The Kier molecular flexibility index (Phi) is 11.5. The molecule has 156 valence electrons. The molecule has 3 heteroatoms. The van der Waals surface area contributed by atoms with E-state index in [2.05, 4.69) is 55.4 Å². The minimum Gasteiger partial charge on any atom is -0.385 e. The van der Waals surface area contributed by atoms with E-state index in [-0.39, 0.29) is 17.1 Å². The van der Waals surface area contributed by atoms with Crippen molar-refractivity contribution in [2.24, 2.45) is 0 Å². The molecule has 0 N–H and O–H groups in total. The fraction of sp³-hybridized carbons (Fsp3) is 0.583. The Bertz CT molecular complexity index is 607. The van der Waals surface area contributed by atoms with Crippen LogP contribution in [0.5, 0.6) is 0 Å². The van der Waals surface area contributed by atoms with Crippen LogP contribution in [0.25, 0.3) is 0 Å². The monoisotopic (exact) mass is 414 g/mol. The van der Waals surface area contributed by atoms with E-state index < -0.39 is 0 Å². The van der Waals surface area contributed by atoms with Crippen molar-refractivity contribution in [2.45, 2.75) is 68.2 Å². The van der Waals surface area contributed by atoms with Gasteiger partial charge in [0.05, 0.1) is 0 Å². The van der Waals surface area contributed by atoms with Crippen LogP contribution in [0.1, 0.15) is 55.6 Å². The van der Waals surface area contributed by atoms with Crippen molar-refractivity contribution in [3.05, 3.63) is 55.6 Å². The molecule has 27 heavy (non-hydrogen) atoms. The normalized spacial score (nSPS) is 10.4. The van der Waals surface area contributed by atoms with E-state index in [1.165, 1.54) is 55.6 Å². The summed E-state index contributed by atoms with van der Waals surface area (Å²) >= 11 is 0. The topological polar surface area (TPSA) is 18.5 Å². The molecule has 0 bridgehead atoms. The molecule has 0 fully saturated rings. The Morgan fingerprint density at radius 2 is 0.741 bits per heavy atom. The number of methoxy groups -OCH3 is 2. The molecule has 0 aromatic heterocycles. The second kappa shape index (κ2) is 11.9. The van der Waals surface area contributed by atoms with Crippen molar-refractivity contribution in [3.8, 4) is 0 Å². The van der Waals surface area contributed by atoms with Crippen molar-refractivity contribution < 1.29 is 26.5 Å². The van der Waals surface area contributed by atoms with Crippen molar-refractivity contribution >= 4 is 0 Å². The molecule has 0 atom stereocenters. The average Bonchev–Trinajstić information content (AvgIpc) is 2.93. The zero-order valence-corrected chi connectivity index (χ0v) is 20.1. The zero-order chi connectivity index (χ0) is 20.0. The molecular weight excluding hydrogens is 376 g/mol. The molecular formula is C24H38FeO2-2. The summed E-state index contributed by atoms with van der Waals surface area (Å²) in [7, 11) is 3.51. The summed E-state index contributed by atoms with van der Waals surface area (Å²) in [5, 5.41) is 0. The first-order valence-corrected chi connectivity index (χ1v) is 9.60. The standard InChI is InChI=1S/2C12H19O.Fe/c2*1-8-9(2)11(4)12(10(8)3)6-7-13-5;/h2*6-7H2,1-5H3;/q2*-1;. The predicted octanol–water partition coefficient (Wildman–Crippen LogP) is 5.65. The Labute approximate surface area is 177 Å². The van der Waals surface area contributed by atoms with Crippen LogP contribution in [0.3, 0.4) is 0 Å². The Balaban J connectivity index is 0.000000483. The van der Waals surface area contributed by atoms with Gasteiger partial charge < -0.3 is 9.47 Å². The van der Waals surface area contributed by atoms with Gasteiger partial charge in [-0.1, -0.05) is 55.4 Å². The van der Waals surface area contributed by atoms with Crippen LogP contribution < -0.4 is 0 Å². The molecule has 2 nitrogen and oxygen atoms in total.